The van der Waals surface area contributed by atoms with E-state index < -0.39 is 22.3 Å². The summed E-state index contributed by atoms with van der Waals surface area (Å²) in [5, 5.41) is 23.0. The highest BCUT2D eigenvalue weighted by Crippen LogP contribution is 2.18. The van der Waals surface area contributed by atoms with E-state index in [-0.39, 0.29) is 12.8 Å². The van der Waals surface area contributed by atoms with Gasteiger partial charge in [0.2, 0.25) is 0 Å². The Morgan fingerprint density at radius 2 is 0.721 bits per heavy atom. The first-order valence-electron chi connectivity index (χ1n) is 17.1. The Kier molecular flexibility index (Phi) is 20.8. The van der Waals surface area contributed by atoms with Gasteiger partial charge in [0.25, 0.3) is 0 Å². The molecule has 0 fully saturated rings. The molecule has 2 atom stereocenters. The van der Waals surface area contributed by atoms with Crippen molar-refractivity contribution in [3.8, 4) is 0 Å². The second kappa shape index (κ2) is 24.6. The van der Waals surface area contributed by atoms with Gasteiger partial charge in [0, 0.05) is 12.8 Å². The van der Waals surface area contributed by atoms with Crippen LogP contribution in [0.25, 0.3) is 0 Å². The van der Waals surface area contributed by atoms with Crippen LogP contribution in [0.15, 0.2) is 60.7 Å². The van der Waals surface area contributed by atoms with E-state index in [1.807, 2.05) is 0 Å². The third-order valence-electron chi connectivity index (χ3n) is 8.30. The highest BCUT2D eigenvalue weighted by atomic mass is 16.7. The molecule has 0 saturated carbocycles. The minimum Gasteiger partial charge on any atom is -0.262 e. The number of benzene rings is 2. The SMILES string of the molecule is O=[N+]([O-])C(CCCCCCCCCCCc1ccccc1)OC(CCCCCCCCCCCc1ccccc1)[N+](=O)[O-]. The van der Waals surface area contributed by atoms with Crippen molar-refractivity contribution in [1.29, 1.82) is 0 Å². The third-order valence-corrected chi connectivity index (χ3v) is 8.30. The van der Waals surface area contributed by atoms with Crippen molar-refractivity contribution < 1.29 is 14.6 Å². The summed E-state index contributed by atoms with van der Waals surface area (Å²) in [6.45, 7) is 0. The van der Waals surface area contributed by atoms with Gasteiger partial charge in [-0.3, -0.25) is 20.2 Å². The van der Waals surface area contributed by atoms with Gasteiger partial charge in [-0.2, -0.15) is 0 Å². The van der Waals surface area contributed by atoms with Crippen molar-refractivity contribution in [2.24, 2.45) is 0 Å². The van der Waals surface area contributed by atoms with Crippen LogP contribution in [-0.2, 0) is 17.6 Å². The molecule has 0 bridgehead atoms. The van der Waals surface area contributed by atoms with Crippen molar-refractivity contribution in [3.63, 3.8) is 0 Å². The molecule has 0 N–H and O–H groups in total. The second-order valence-electron chi connectivity index (χ2n) is 12.0. The van der Waals surface area contributed by atoms with Crippen LogP contribution in [-0.4, -0.2) is 22.3 Å². The van der Waals surface area contributed by atoms with Crippen LogP contribution in [0, 0.1) is 20.2 Å². The van der Waals surface area contributed by atoms with Crippen LogP contribution in [0.3, 0.4) is 0 Å². The van der Waals surface area contributed by atoms with Crippen molar-refractivity contribution in [2.75, 3.05) is 0 Å². The highest BCUT2D eigenvalue weighted by Gasteiger charge is 2.31. The van der Waals surface area contributed by atoms with Crippen LogP contribution in [0.2, 0.25) is 0 Å². The number of unbranched alkanes of at least 4 members (excludes halogenated alkanes) is 16. The number of aryl methyl sites for hydroxylation is 2. The number of hydrogen-bond donors (Lipinski definition) is 0. The predicted molar refractivity (Wildman–Crippen MR) is 175 cm³/mol. The van der Waals surface area contributed by atoms with Crippen LogP contribution in [0.5, 0.6) is 0 Å². The molecule has 0 heterocycles. The van der Waals surface area contributed by atoms with Gasteiger partial charge >= 0.3 is 12.5 Å². The fraction of sp³-hybridized carbons (Fsp3) is 0.667. The Hall–Kier alpha value is -2.80. The summed E-state index contributed by atoms with van der Waals surface area (Å²) in [4.78, 5) is 22.0. The molecule has 0 aromatic heterocycles. The lowest BCUT2D eigenvalue weighted by Gasteiger charge is -2.14. The minimum absolute atomic E-state index is 0.238. The monoisotopic (exact) mass is 596 g/mol. The lowest BCUT2D eigenvalue weighted by Crippen LogP contribution is -2.33. The number of rotatable bonds is 28. The molecule has 43 heavy (non-hydrogen) atoms. The fourth-order valence-corrected chi connectivity index (χ4v) is 5.69. The summed E-state index contributed by atoms with van der Waals surface area (Å²) in [5.41, 5.74) is 2.82. The van der Waals surface area contributed by atoms with Gasteiger partial charge in [-0.25, -0.2) is 4.74 Å². The average Bonchev–Trinajstić information content (AvgIpc) is 3.01. The molecular formula is C36H56N2O5. The molecule has 2 aromatic carbocycles. The van der Waals surface area contributed by atoms with Gasteiger partial charge in [0.1, 0.15) is 0 Å². The molecule has 0 aliphatic rings. The zero-order chi connectivity index (χ0) is 30.8. The number of nitrogens with zero attached hydrogens (tertiary/aromatic N) is 2. The number of ether oxygens (including phenoxy) is 1. The predicted octanol–water partition coefficient (Wildman–Crippen LogP) is 10.5. The average molecular weight is 597 g/mol. The van der Waals surface area contributed by atoms with E-state index in [4.69, 9.17) is 4.74 Å². The van der Waals surface area contributed by atoms with E-state index in [9.17, 15) is 20.2 Å². The van der Waals surface area contributed by atoms with E-state index in [0.717, 1.165) is 51.4 Å². The third kappa shape index (κ3) is 19.2. The summed E-state index contributed by atoms with van der Waals surface area (Å²) < 4.78 is 5.40. The largest absolute Gasteiger partial charge is 0.320 e. The molecule has 0 aliphatic carbocycles. The second-order valence-corrected chi connectivity index (χ2v) is 12.0. The van der Waals surface area contributed by atoms with Crippen molar-refractivity contribution in [3.05, 3.63) is 92.0 Å². The van der Waals surface area contributed by atoms with Gasteiger partial charge in [-0.1, -0.05) is 151 Å². The first kappa shape index (κ1) is 36.4. The van der Waals surface area contributed by atoms with Gasteiger partial charge in [0.15, 0.2) is 0 Å². The van der Waals surface area contributed by atoms with Crippen molar-refractivity contribution in [2.45, 2.75) is 154 Å². The fourth-order valence-electron chi connectivity index (χ4n) is 5.69. The zero-order valence-electron chi connectivity index (χ0n) is 26.4. The topological polar surface area (TPSA) is 95.5 Å². The Morgan fingerprint density at radius 1 is 0.442 bits per heavy atom. The lowest BCUT2D eigenvalue weighted by atomic mass is 10.0. The van der Waals surface area contributed by atoms with Crippen LogP contribution >= 0.6 is 0 Å². The summed E-state index contributed by atoms with van der Waals surface area (Å²) in [7, 11) is 0. The molecule has 2 unspecified atom stereocenters. The van der Waals surface area contributed by atoms with E-state index in [0.29, 0.717) is 12.8 Å². The van der Waals surface area contributed by atoms with Crippen LogP contribution in [0.4, 0.5) is 0 Å². The standard InChI is InChI=1S/C36H56N2O5/c39-37(40)35(31-23-13-9-5-1-3-7-11-17-25-33-27-19-15-20-28-33)43-36(38(41)42)32-24-14-10-6-2-4-8-12-18-26-34-29-21-16-22-30-34/h15-16,19-22,27-30,35-36H,1-14,17-18,23-26,31-32H2. The Bertz CT molecular complexity index is 879. The summed E-state index contributed by atoms with van der Waals surface area (Å²) in [6, 6.07) is 21.2. The summed E-state index contributed by atoms with van der Waals surface area (Å²) in [6.07, 6.45) is 20.0. The molecule has 0 radical (unpaired) electrons. The molecule has 240 valence electrons. The first-order valence-corrected chi connectivity index (χ1v) is 17.1. The molecule has 0 amide bonds. The molecule has 2 aromatic rings. The van der Waals surface area contributed by atoms with Crippen LogP contribution in [0.1, 0.15) is 140 Å². The van der Waals surface area contributed by atoms with Gasteiger partial charge in [-0.15, -0.1) is 0 Å². The maximum atomic E-state index is 11.5. The number of nitro groups is 2. The highest BCUT2D eigenvalue weighted by molar-refractivity contribution is 5.15. The Labute approximate surface area is 260 Å². The van der Waals surface area contributed by atoms with E-state index in [1.165, 1.54) is 75.3 Å². The summed E-state index contributed by atoms with van der Waals surface area (Å²) in [5.74, 6) is 0. The van der Waals surface area contributed by atoms with Gasteiger partial charge in [-0.05, 0) is 49.7 Å². The first-order chi connectivity index (χ1) is 21.1. The van der Waals surface area contributed by atoms with Crippen LogP contribution < -0.4 is 0 Å². The zero-order valence-corrected chi connectivity index (χ0v) is 26.4. The molecule has 7 nitrogen and oxygen atoms in total. The Morgan fingerprint density at radius 3 is 1.02 bits per heavy atom. The van der Waals surface area contributed by atoms with E-state index in [1.54, 1.807) is 0 Å². The van der Waals surface area contributed by atoms with Crippen molar-refractivity contribution in [1.82, 2.24) is 0 Å². The van der Waals surface area contributed by atoms with E-state index >= 15 is 0 Å². The number of hydrogen-bond acceptors (Lipinski definition) is 5. The summed E-state index contributed by atoms with van der Waals surface area (Å²) >= 11 is 0. The molecular weight excluding hydrogens is 540 g/mol. The lowest BCUT2D eigenvalue weighted by molar-refractivity contribution is -0.647. The maximum Gasteiger partial charge on any atom is 0.320 e. The minimum atomic E-state index is -1.29. The normalized spacial score (nSPS) is 12.7. The molecule has 0 aliphatic heterocycles. The molecule has 2 rings (SSSR count). The van der Waals surface area contributed by atoms with Gasteiger partial charge in [0.05, 0.1) is 9.85 Å². The van der Waals surface area contributed by atoms with Crippen molar-refractivity contribution >= 4 is 0 Å². The molecule has 0 saturated heterocycles. The smallest absolute Gasteiger partial charge is 0.262 e. The maximum absolute atomic E-state index is 11.5. The Balaban J connectivity index is 1.43. The van der Waals surface area contributed by atoms with Gasteiger partial charge < -0.3 is 0 Å². The quantitative estimate of drug-likeness (QED) is 0.0421. The molecule has 7 heteroatoms. The van der Waals surface area contributed by atoms with E-state index in [2.05, 4.69) is 60.7 Å². The molecule has 0 spiro atoms.